The Bertz CT molecular complexity index is 155. The summed E-state index contributed by atoms with van der Waals surface area (Å²) in [6.45, 7) is 9.98. The van der Waals surface area contributed by atoms with Crippen molar-refractivity contribution in [1.82, 2.24) is 5.32 Å². The van der Waals surface area contributed by atoms with Gasteiger partial charge in [-0.15, -0.1) is 0 Å². The van der Waals surface area contributed by atoms with Crippen LogP contribution in [0, 0.1) is 5.41 Å². The zero-order valence-electron chi connectivity index (χ0n) is 11.7. The molecule has 0 radical (unpaired) electrons. The molecule has 2 unspecified atom stereocenters. The maximum absolute atomic E-state index is 9.30. The lowest BCUT2D eigenvalue weighted by molar-refractivity contribution is 0.132. The standard InChI is InChI=1S/C14H31NO/c1-5-7-8-9-10-13(3)15-11-14(4,6-2)12-16/h13,15-16H,5-12H2,1-4H3. The van der Waals surface area contributed by atoms with Gasteiger partial charge < -0.3 is 10.4 Å². The summed E-state index contributed by atoms with van der Waals surface area (Å²) in [7, 11) is 0. The second-order valence-corrected chi connectivity index (χ2v) is 5.45. The molecule has 2 nitrogen and oxygen atoms in total. The SMILES string of the molecule is CCCCCCC(C)NCC(C)(CC)CO. The Balaban J connectivity index is 3.59. The fourth-order valence-corrected chi connectivity index (χ4v) is 1.69. The Labute approximate surface area is 102 Å². The molecule has 0 aliphatic carbocycles. The minimum atomic E-state index is 0.0533. The highest BCUT2D eigenvalue weighted by atomic mass is 16.3. The smallest absolute Gasteiger partial charge is 0.0496 e. The maximum atomic E-state index is 9.30. The van der Waals surface area contributed by atoms with Crippen molar-refractivity contribution in [1.29, 1.82) is 0 Å². The molecule has 98 valence electrons. The molecule has 0 saturated carbocycles. The first-order chi connectivity index (χ1) is 7.58. The minimum absolute atomic E-state index is 0.0533. The van der Waals surface area contributed by atoms with Crippen molar-refractivity contribution < 1.29 is 5.11 Å². The maximum Gasteiger partial charge on any atom is 0.0496 e. The van der Waals surface area contributed by atoms with Gasteiger partial charge in [0.1, 0.15) is 0 Å². The highest BCUT2D eigenvalue weighted by molar-refractivity contribution is 4.76. The fraction of sp³-hybridized carbons (Fsp3) is 1.00. The van der Waals surface area contributed by atoms with Crippen LogP contribution in [0.4, 0.5) is 0 Å². The zero-order chi connectivity index (χ0) is 12.4. The molecule has 0 aromatic rings. The largest absolute Gasteiger partial charge is 0.396 e. The van der Waals surface area contributed by atoms with Gasteiger partial charge in [0.15, 0.2) is 0 Å². The molecule has 0 aromatic carbocycles. The average Bonchev–Trinajstić information content (AvgIpc) is 2.31. The van der Waals surface area contributed by atoms with E-state index in [9.17, 15) is 5.11 Å². The molecule has 0 aromatic heterocycles. The highest BCUT2D eigenvalue weighted by Gasteiger charge is 2.21. The van der Waals surface area contributed by atoms with Crippen LogP contribution in [0.5, 0.6) is 0 Å². The molecule has 0 bridgehead atoms. The van der Waals surface area contributed by atoms with Crippen LogP contribution in [0.2, 0.25) is 0 Å². The molecule has 0 rings (SSSR count). The van der Waals surface area contributed by atoms with Gasteiger partial charge in [0.2, 0.25) is 0 Å². The van der Waals surface area contributed by atoms with Gasteiger partial charge in [0, 0.05) is 24.6 Å². The monoisotopic (exact) mass is 229 g/mol. The van der Waals surface area contributed by atoms with Gasteiger partial charge in [-0.2, -0.15) is 0 Å². The summed E-state index contributed by atoms with van der Waals surface area (Å²) in [5.74, 6) is 0. The molecule has 2 heteroatoms. The first kappa shape index (κ1) is 15.9. The third-order valence-electron chi connectivity index (χ3n) is 3.60. The zero-order valence-corrected chi connectivity index (χ0v) is 11.7. The molecule has 2 atom stereocenters. The Hall–Kier alpha value is -0.0800. The third kappa shape index (κ3) is 7.24. The fourth-order valence-electron chi connectivity index (χ4n) is 1.69. The van der Waals surface area contributed by atoms with Crippen LogP contribution in [0.25, 0.3) is 0 Å². The van der Waals surface area contributed by atoms with Gasteiger partial charge >= 0.3 is 0 Å². The molecule has 0 aliphatic heterocycles. The second-order valence-electron chi connectivity index (χ2n) is 5.45. The summed E-state index contributed by atoms with van der Waals surface area (Å²) < 4.78 is 0. The molecule has 0 fully saturated rings. The van der Waals surface area contributed by atoms with Gasteiger partial charge in [0.25, 0.3) is 0 Å². The van der Waals surface area contributed by atoms with Crippen molar-refractivity contribution in [3.05, 3.63) is 0 Å². The van der Waals surface area contributed by atoms with Crippen LogP contribution >= 0.6 is 0 Å². The van der Waals surface area contributed by atoms with E-state index in [4.69, 9.17) is 0 Å². The molecule has 16 heavy (non-hydrogen) atoms. The van der Waals surface area contributed by atoms with Gasteiger partial charge in [-0.05, 0) is 19.8 Å². The van der Waals surface area contributed by atoms with Crippen molar-refractivity contribution in [3.8, 4) is 0 Å². The summed E-state index contributed by atoms with van der Waals surface area (Å²) in [4.78, 5) is 0. The number of nitrogens with one attached hydrogen (secondary N) is 1. The lowest BCUT2D eigenvalue weighted by atomic mass is 9.88. The van der Waals surface area contributed by atoms with E-state index < -0.39 is 0 Å². The van der Waals surface area contributed by atoms with Gasteiger partial charge in [0.05, 0.1) is 0 Å². The van der Waals surface area contributed by atoms with Crippen LogP contribution in [0.3, 0.4) is 0 Å². The molecule has 0 amide bonds. The van der Waals surface area contributed by atoms with Crippen LogP contribution in [-0.4, -0.2) is 24.3 Å². The number of aliphatic hydroxyl groups is 1. The number of hydrogen-bond donors (Lipinski definition) is 2. The summed E-state index contributed by atoms with van der Waals surface area (Å²) in [5.41, 5.74) is 0.0533. The summed E-state index contributed by atoms with van der Waals surface area (Å²) in [5, 5.41) is 12.8. The molecule has 0 saturated heterocycles. The molecule has 2 N–H and O–H groups in total. The normalized spacial score (nSPS) is 17.1. The van der Waals surface area contributed by atoms with Crippen molar-refractivity contribution >= 4 is 0 Å². The molecule has 0 heterocycles. The predicted octanol–water partition coefficient (Wildman–Crippen LogP) is 3.34. The van der Waals surface area contributed by atoms with E-state index in [-0.39, 0.29) is 12.0 Å². The lowest BCUT2D eigenvalue weighted by Gasteiger charge is -2.28. The number of unbranched alkanes of at least 4 members (excludes halogenated alkanes) is 3. The van der Waals surface area contributed by atoms with E-state index in [1.165, 1.54) is 32.1 Å². The van der Waals surface area contributed by atoms with Crippen LogP contribution in [-0.2, 0) is 0 Å². The first-order valence-corrected chi connectivity index (χ1v) is 6.92. The van der Waals surface area contributed by atoms with Crippen LogP contribution in [0.1, 0.15) is 66.2 Å². The van der Waals surface area contributed by atoms with Crippen molar-refractivity contribution in [2.45, 2.75) is 72.3 Å². The summed E-state index contributed by atoms with van der Waals surface area (Å²) >= 11 is 0. The van der Waals surface area contributed by atoms with E-state index >= 15 is 0 Å². The van der Waals surface area contributed by atoms with Crippen LogP contribution in [0.15, 0.2) is 0 Å². The Morgan fingerprint density at radius 1 is 1.19 bits per heavy atom. The summed E-state index contributed by atoms with van der Waals surface area (Å²) in [6.07, 6.45) is 7.62. The topological polar surface area (TPSA) is 32.3 Å². The Kier molecular flexibility index (Phi) is 8.96. The average molecular weight is 229 g/mol. The molecular formula is C14H31NO. The third-order valence-corrected chi connectivity index (χ3v) is 3.60. The van der Waals surface area contributed by atoms with E-state index in [1.54, 1.807) is 0 Å². The predicted molar refractivity (Wildman–Crippen MR) is 71.7 cm³/mol. The van der Waals surface area contributed by atoms with Gasteiger partial charge in [-0.3, -0.25) is 0 Å². The summed E-state index contributed by atoms with van der Waals surface area (Å²) in [6, 6.07) is 0.578. The Morgan fingerprint density at radius 3 is 2.38 bits per heavy atom. The van der Waals surface area contributed by atoms with E-state index in [1.807, 2.05) is 0 Å². The second kappa shape index (κ2) is 9.00. The van der Waals surface area contributed by atoms with Gasteiger partial charge in [-0.25, -0.2) is 0 Å². The van der Waals surface area contributed by atoms with E-state index in [0.717, 1.165) is 13.0 Å². The van der Waals surface area contributed by atoms with Crippen LogP contribution < -0.4 is 5.32 Å². The quantitative estimate of drug-likeness (QED) is 0.563. The first-order valence-electron chi connectivity index (χ1n) is 6.92. The lowest BCUT2D eigenvalue weighted by Crippen LogP contribution is -2.38. The van der Waals surface area contributed by atoms with Crippen molar-refractivity contribution in [2.24, 2.45) is 5.41 Å². The highest BCUT2D eigenvalue weighted by Crippen LogP contribution is 2.19. The number of hydrogen-bond acceptors (Lipinski definition) is 2. The van der Waals surface area contributed by atoms with Gasteiger partial charge in [-0.1, -0.05) is 46.5 Å². The van der Waals surface area contributed by atoms with Crippen molar-refractivity contribution in [2.75, 3.05) is 13.2 Å². The molecule has 0 aliphatic rings. The number of aliphatic hydroxyl groups excluding tert-OH is 1. The van der Waals surface area contributed by atoms with Crippen molar-refractivity contribution in [3.63, 3.8) is 0 Å². The van der Waals surface area contributed by atoms with E-state index in [2.05, 4.69) is 33.0 Å². The van der Waals surface area contributed by atoms with E-state index in [0.29, 0.717) is 6.04 Å². The Morgan fingerprint density at radius 2 is 1.88 bits per heavy atom. The molecule has 0 spiro atoms. The molecular weight excluding hydrogens is 198 g/mol. The number of rotatable bonds is 10. The minimum Gasteiger partial charge on any atom is -0.396 e.